The van der Waals surface area contributed by atoms with Gasteiger partial charge >= 0.3 is 0 Å². The number of para-hydroxylation sites is 1. The zero-order valence-electron chi connectivity index (χ0n) is 12.1. The number of nitrogens with zero attached hydrogens (tertiary/aromatic N) is 2. The largest absolute Gasteiger partial charge is 0.310 e. The predicted octanol–water partition coefficient (Wildman–Crippen LogP) is 3.54. The number of rotatable bonds is 5. The molecular weight excluding hydrogens is 246 g/mol. The lowest BCUT2D eigenvalue weighted by Crippen LogP contribution is -2.31. The molecule has 1 heterocycles. The van der Waals surface area contributed by atoms with E-state index in [0.717, 1.165) is 18.2 Å². The third kappa shape index (κ3) is 3.10. The SMILES string of the molecule is C[C@@H](NCc1cnn(-c2ccccc2)c1)C1CCCC1. The van der Waals surface area contributed by atoms with Crippen molar-refractivity contribution in [3.05, 3.63) is 48.3 Å². The van der Waals surface area contributed by atoms with Gasteiger partial charge in [0.1, 0.15) is 0 Å². The van der Waals surface area contributed by atoms with Crippen LogP contribution in [0, 0.1) is 5.92 Å². The molecule has 1 fully saturated rings. The normalized spacial score (nSPS) is 17.4. The van der Waals surface area contributed by atoms with Crippen LogP contribution in [0.1, 0.15) is 38.2 Å². The second-order valence-electron chi connectivity index (χ2n) is 5.84. The molecular formula is C17H23N3. The van der Waals surface area contributed by atoms with Gasteiger partial charge in [-0.15, -0.1) is 0 Å². The summed E-state index contributed by atoms with van der Waals surface area (Å²) in [6, 6.07) is 10.9. The van der Waals surface area contributed by atoms with Crippen LogP contribution in [0.3, 0.4) is 0 Å². The third-order valence-electron chi connectivity index (χ3n) is 4.39. The average molecular weight is 269 g/mol. The topological polar surface area (TPSA) is 29.9 Å². The minimum absolute atomic E-state index is 0.609. The zero-order valence-corrected chi connectivity index (χ0v) is 12.1. The van der Waals surface area contributed by atoms with Crippen LogP contribution < -0.4 is 5.32 Å². The van der Waals surface area contributed by atoms with Gasteiger partial charge in [0.25, 0.3) is 0 Å². The summed E-state index contributed by atoms with van der Waals surface area (Å²) in [6.07, 6.45) is 9.66. The molecule has 1 atom stereocenters. The van der Waals surface area contributed by atoms with E-state index >= 15 is 0 Å². The Balaban J connectivity index is 1.57. The molecule has 0 saturated heterocycles. The molecule has 0 radical (unpaired) electrons. The molecule has 1 saturated carbocycles. The quantitative estimate of drug-likeness (QED) is 0.899. The lowest BCUT2D eigenvalue weighted by atomic mass is 10.00. The second kappa shape index (κ2) is 6.23. The van der Waals surface area contributed by atoms with E-state index in [0.29, 0.717) is 6.04 Å². The number of hydrogen-bond acceptors (Lipinski definition) is 2. The summed E-state index contributed by atoms with van der Waals surface area (Å²) in [5, 5.41) is 8.09. The lowest BCUT2D eigenvalue weighted by molar-refractivity contribution is 0.380. The third-order valence-corrected chi connectivity index (χ3v) is 4.39. The van der Waals surface area contributed by atoms with E-state index in [9.17, 15) is 0 Å². The Morgan fingerprint density at radius 3 is 2.75 bits per heavy atom. The van der Waals surface area contributed by atoms with Crippen molar-refractivity contribution < 1.29 is 0 Å². The summed E-state index contributed by atoms with van der Waals surface area (Å²) >= 11 is 0. The molecule has 1 N–H and O–H groups in total. The van der Waals surface area contributed by atoms with Crippen LogP contribution in [0.5, 0.6) is 0 Å². The van der Waals surface area contributed by atoms with E-state index < -0.39 is 0 Å². The van der Waals surface area contributed by atoms with Crippen molar-refractivity contribution in [2.45, 2.75) is 45.2 Å². The van der Waals surface area contributed by atoms with Crippen molar-refractivity contribution in [2.24, 2.45) is 5.92 Å². The van der Waals surface area contributed by atoms with Gasteiger partial charge < -0.3 is 5.32 Å². The van der Waals surface area contributed by atoms with E-state index in [1.54, 1.807) is 0 Å². The van der Waals surface area contributed by atoms with Gasteiger partial charge in [0.2, 0.25) is 0 Å². The van der Waals surface area contributed by atoms with Crippen molar-refractivity contribution in [3.63, 3.8) is 0 Å². The van der Waals surface area contributed by atoms with Crippen molar-refractivity contribution in [2.75, 3.05) is 0 Å². The van der Waals surface area contributed by atoms with Gasteiger partial charge in [-0.3, -0.25) is 0 Å². The molecule has 0 amide bonds. The fourth-order valence-corrected chi connectivity index (χ4v) is 3.08. The average Bonchev–Trinajstić information content (AvgIpc) is 3.17. The van der Waals surface area contributed by atoms with Gasteiger partial charge in [0.05, 0.1) is 11.9 Å². The van der Waals surface area contributed by atoms with Crippen LogP contribution in [-0.4, -0.2) is 15.8 Å². The molecule has 106 valence electrons. The maximum Gasteiger partial charge on any atom is 0.0645 e. The van der Waals surface area contributed by atoms with E-state index in [4.69, 9.17) is 0 Å². The van der Waals surface area contributed by atoms with Gasteiger partial charge in [-0.1, -0.05) is 31.0 Å². The molecule has 0 bridgehead atoms. The van der Waals surface area contributed by atoms with Crippen LogP contribution >= 0.6 is 0 Å². The molecule has 1 aromatic heterocycles. The van der Waals surface area contributed by atoms with Crippen LogP contribution in [-0.2, 0) is 6.54 Å². The summed E-state index contributed by atoms with van der Waals surface area (Å²) < 4.78 is 1.94. The second-order valence-corrected chi connectivity index (χ2v) is 5.84. The molecule has 0 spiro atoms. The van der Waals surface area contributed by atoms with Gasteiger partial charge in [-0.25, -0.2) is 4.68 Å². The predicted molar refractivity (Wildman–Crippen MR) is 81.8 cm³/mol. The number of nitrogens with one attached hydrogen (secondary N) is 1. The van der Waals surface area contributed by atoms with E-state index in [1.165, 1.54) is 31.2 Å². The van der Waals surface area contributed by atoms with Crippen molar-refractivity contribution in [1.82, 2.24) is 15.1 Å². The molecule has 1 aliphatic carbocycles. The first-order valence-corrected chi connectivity index (χ1v) is 7.65. The van der Waals surface area contributed by atoms with Crippen molar-refractivity contribution >= 4 is 0 Å². The smallest absolute Gasteiger partial charge is 0.0645 e. The van der Waals surface area contributed by atoms with Gasteiger partial charge in [-0.05, 0) is 37.8 Å². The first-order valence-electron chi connectivity index (χ1n) is 7.65. The van der Waals surface area contributed by atoms with E-state index in [-0.39, 0.29) is 0 Å². The molecule has 2 aromatic rings. The number of hydrogen-bond donors (Lipinski definition) is 1. The van der Waals surface area contributed by atoms with E-state index in [2.05, 4.69) is 35.7 Å². The summed E-state index contributed by atoms with van der Waals surface area (Å²) in [6.45, 7) is 3.22. The fraction of sp³-hybridized carbons (Fsp3) is 0.471. The molecule has 3 nitrogen and oxygen atoms in total. The summed E-state index contributed by atoms with van der Waals surface area (Å²) in [7, 11) is 0. The van der Waals surface area contributed by atoms with Crippen molar-refractivity contribution in [1.29, 1.82) is 0 Å². The monoisotopic (exact) mass is 269 g/mol. The Hall–Kier alpha value is -1.61. The fourth-order valence-electron chi connectivity index (χ4n) is 3.08. The highest BCUT2D eigenvalue weighted by Gasteiger charge is 2.20. The first-order chi connectivity index (χ1) is 9.83. The lowest BCUT2D eigenvalue weighted by Gasteiger charge is -2.19. The van der Waals surface area contributed by atoms with Crippen LogP contribution in [0.25, 0.3) is 5.69 Å². The van der Waals surface area contributed by atoms with Gasteiger partial charge in [-0.2, -0.15) is 5.10 Å². The Morgan fingerprint density at radius 1 is 1.25 bits per heavy atom. The molecule has 3 rings (SSSR count). The van der Waals surface area contributed by atoms with E-state index in [1.807, 2.05) is 29.1 Å². The van der Waals surface area contributed by atoms with Crippen LogP contribution in [0.2, 0.25) is 0 Å². The Labute approximate surface area is 121 Å². The molecule has 1 aliphatic rings. The van der Waals surface area contributed by atoms with Crippen LogP contribution in [0.15, 0.2) is 42.7 Å². The maximum atomic E-state index is 4.44. The zero-order chi connectivity index (χ0) is 13.8. The number of benzene rings is 1. The van der Waals surface area contributed by atoms with Crippen molar-refractivity contribution in [3.8, 4) is 5.69 Å². The molecule has 1 aromatic carbocycles. The highest BCUT2D eigenvalue weighted by molar-refractivity contribution is 5.30. The highest BCUT2D eigenvalue weighted by atomic mass is 15.3. The maximum absolute atomic E-state index is 4.44. The Bertz CT molecular complexity index is 526. The minimum Gasteiger partial charge on any atom is -0.310 e. The molecule has 0 unspecified atom stereocenters. The van der Waals surface area contributed by atoms with Crippen LogP contribution in [0.4, 0.5) is 0 Å². The Kier molecular flexibility index (Phi) is 4.16. The first kappa shape index (κ1) is 13.4. The number of aromatic nitrogens is 2. The summed E-state index contributed by atoms with van der Waals surface area (Å²) in [4.78, 5) is 0. The summed E-state index contributed by atoms with van der Waals surface area (Å²) in [5.41, 5.74) is 2.36. The van der Waals surface area contributed by atoms with Gasteiger partial charge in [0.15, 0.2) is 0 Å². The highest BCUT2D eigenvalue weighted by Crippen LogP contribution is 2.27. The molecule has 0 aliphatic heterocycles. The van der Waals surface area contributed by atoms with Gasteiger partial charge in [0, 0.05) is 24.3 Å². The standard InChI is InChI=1S/C17H23N3/c1-14(16-7-5-6-8-16)18-11-15-12-19-20(13-15)17-9-3-2-4-10-17/h2-4,9-10,12-14,16,18H,5-8,11H2,1H3/t14-/m1/s1. The summed E-state index contributed by atoms with van der Waals surface area (Å²) in [5.74, 6) is 0.860. The minimum atomic E-state index is 0.609. The Morgan fingerprint density at radius 2 is 2.00 bits per heavy atom. The molecule has 20 heavy (non-hydrogen) atoms. The molecule has 3 heteroatoms.